The summed E-state index contributed by atoms with van der Waals surface area (Å²) in [6, 6.07) is 10.7. The summed E-state index contributed by atoms with van der Waals surface area (Å²) in [5, 5.41) is 9.58. The van der Waals surface area contributed by atoms with Crippen LogP contribution in [0, 0.1) is 30.1 Å². The fraction of sp³-hybridized carbons (Fsp3) is 0.524. The molecule has 0 saturated carbocycles. The van der Waals surface area contributed by atoms with E-state index in [0.29, 0.717) is 6.61 Å². The van der Waals surface area contributed by atoms with E-state index in [1.165, 1.54) is 23.1 Å². The van der Waals surface area contributed by atoms with Gasteiger partial charge in [-0.05, 0) is 57.9 Å². The lowest BCUT2D eigenvalue weighted by Gasteiger charge is -2.26. The number of carbonyl (C=O) groups is 1. The number of aryl methyl sites for hydroxylation is 2. The van der Waals surface area contributed by atoms with E-state index in [2.05, 4.69) is 43.3 Å². The zero-order valence-electron chi connectivity index (χ0n) is 14.8. The predicted octanol–water partition coefficient (Wildman–Crippen LogP) is 4.75. The first-order valence-corrected chi connectivity index (χ1v) is 8.96. The van der Waals surface area contributed by atoms with E-state index < -0.39 is 5.92 Å². The molecule has 0 fully saturated rings. The van der Waals surface area contributed by atoms with E-state index in [1.807, 2.05) is 0 Å². The Bertz CT molecular complexity index is 610. The number of hydrogen-bond donors (Lipinski definition) is 0. The highest BCUT2D eigenvalue weighted by Gasteiger charge is 2.32. The number of hydrogen-bond acceptors (Lipinski definition) is 3. The van der Waals surface area contributed by atoms with Crippen molar-refractivity contribution in [3.63, 3.8) is 0 Å². The average molecular weight is 325 g/mol. The van der Waals surface area contributed by atoms with Crippen molar-refractivity contribution in [1.29, 1.82) is 5.26 Å². The molecule has 1 aromatic rings. The summed E-state index contributed by atoms with van der Waals surface area (Å²) in [4.78, 5) is 12.2. The molecule has 1 aliphatic carbocycles. The van der Waals surface area contributed by atoms with Crippen molar-refractivity contribution >= 4 is 5.97 Å². The molecule has 0 bridgehead atoms. The Morgan fingerprint density at radius 3 is 2.62 bits per heavy atom. The van der Waals surface area contributed by atoms with E-state index in [1.54, 1.807) is 6.92 Å². The molecule has 1 aliphatic rings. The normalized spacial score (nSPS) is 16.6. The molecule has 0 aromatic heterocycles. The third-order valence-corrected chi connectivity index (χ3v) is 4.75. The van der Waals surface area contributed by atoms with Crippen molar-refractivity contribution in [2.75, 3.05) is 6.61 Å². The van der Waals surface area contributed by atoms with Crippen LogP contribution in [-0.4, -0.2) is 12.6 Å². The van der Waals surface area contributed by atoms with Crippen molar-refractivity contribution in [3.05, 3.63) is 47.0 Å². The molecular weight excluding hydrogens is 298 g/mol. The first-order chi connectivity index (χ1) is 11.7. The summed E-state index contributed by atoms with van der Waals surface area (Å²) in [6.45, 7) is 4.18. The van der Waals surface area contributed by atoms with Crippen LogP contribution in [0.4, 0.5) is 0 Å². The standard InChI is InChI=1S/C21H27NO2/c1-3-24-21(23)20(15-22)19(18-7-5-4-6-8-18)14-13-17-11-9-16(2)10-12-17/h7,9-12,19-20H,3-6,8,13-14H2,1-2H3/t19-,20?/m1/s1. The highest BCUT2D eigenvalue weighted by molar-refractivity contribution is 5.76. The lowest BCUT2D eigenvalue weighted by molar-refractivity contribution is -0.147. The molecular formula is C21H27NO2. The molecule has 2 rings (SSSR count). The second kappa shape index (κ2) is 9.27. The minimum absolute atomic E-state index is 0.0318. The number of nitrogens with zero attached hydrogens (tertiary/aromatic N) is 1. The van der Waals surface area contributed by atoms with Gasteiger partial charge in [-0.25, -0.2) is 0 Å². The van der Waals surface area contributed by atoms with Crippen LogP contribution in [0.15, 0.2) is 35.9 Å². The van der Waals surface area contributed by atoms with Crippen molar-refractivity contribution in [2.45, 2.75) is 52.4 Å². The molecule has 1 unspecified atom stereocenters. The molecule has 0 heterocycles. The lowest BCUT2D eigenvalue weighted by atomic mass is 9.78. The molecule has 0 aliphatic heterocycles. The second-order valence-electron chi connectivity index (χ2n) is 6.51. The Kier molecular flexibility index (Phi) is 7.06. The highest BCUT2D eigenvalue weighted by Crippen LogP contribution is 2.33. The van der Waals surface area contributed by atoms with Gasteiger partial charge in [-0.15, -0.1) is 0 Å². The molecule has 0 saturated heterocycles. The molecule has 2 atom stereocenters. The molecule has 24 heavy (non-hydrogen) atoms. The largest absolute Gasteiger partial charge is 0.465 e. The maximum Gasteiger partial charge on any atom is 0.323 e. The Labute approximate surface area is 145 Å². The molecule has 0 radical (unpaired) electrons. The lowest BCUT2D eigenvalue weighted by Crippen LogP contribution is -2.27. The zero-order valence-corrected chi connectivity index (χ0v) is 14.8. The second-order valence-corrected chi connectivity index (χ2v) is 6.51. The van der Waals surface area contributed by atoms with E-state index in [0.717, 1.165) is 32.1 Å². The van der Waals surface area contributed by atoms with Gasteiger partial charge in [-0.2, -0.15) is 5.26 Å². The van der Waals surface area contributed by atoms with Gasteiger partial charge >= 0.3 is 5.97 Å². The summed E-state index contributed by atoms with van der Waals surface area (Å²) in [5.74, 6) is -1.10. The number of ether oxygens (including phenoxy) is 1. The topological polar surface area (TPSA) is 50.1 Å². The fourth-order valence-corrected chi connectivity index (χ4v) is 3.38. The van der Waals surface area contributed by atoms with Gasteiger partial charge in [0.25, 0.3) is 0 Å². The van der Waals surface area contributed by atoms with Crippen LogP contribution in [0.5, 0.6) is 0 Å². The smallest absolute Gasteiger partial charge is 0.323 e. The average Bonchev–Trinajstić information content (AvgIpc) is 2.61. The highest BCUT2D eigenvalue weighted by atomic mass is 16.5. The van der Waals surface area contributed by atoms with Gasteiger partial charge in [-0.3, -0.25) is 4.79 Å². The molecule has 128 valence electrons. The minimum Gasteiger partial charge on any atom is -0.465 e. The first kappa shape index (κ1) is 18.3. The van der Waals surface area contributed by atoms with Crippen molar-refractivity contribution in [3.8, 4) is 6.07 Å². The number of esters is 1. The van der Waals surface area contributed by atoms with Gasteiger partial charge in [0.05, 0.1) is 12.7 Å². The number of rotatable bonds is 7. The van der Waals surface area contributed by atoms with E-state index in [4.69, 9.17) is 4.74 Å². The monoisotopic (exact) mass is 325 g/mol. The van der Waals surface area contributed by atoms with Crippen LogP contribution < -0.4 is 0 Å². The fourth-order valence-electron chi connectivity index (χ4n) is 3.38. The van der Waals surface area contributed by atoms with Crippen LogP contribution in [0.3, 0.4) is 0 Å². The summed E-state index contributed by atoms with van der Waals surface area (Å²) >= 11 is 0. The molecule has 1 aromatic carbocycles. The first-order valence-electron chi connectivity index (χ1n) is 8.96. The van der Waals surface area contributed by atoms with Crippen LogP contribution in [-0.2, 0) is 16.0 Å². The van der Waals surface area contributed by atoms with Gasteiger partial charge < -0.3 is 4.74 Å². The summed E-state index contributed by atoms with van der Waals surface area (Å²) in [6.07, 6.45) is 8.32. The van der Waals surface area contributed by atoms with Gasteiger partial charge in [-0.1, -0.05) is 41.5 Å². The quantitative estimate of drug-likeness (QED) is 0.537. The van der Waals surface area contributed by atoms with Crippen LogP contribution >= 0.6 is 0 Å². The van der Waals surface area contributed by atoms with Crippen molar-refractivity contribution < 1.29 is 9.53 Å². The molecule has 0 N–H and O–H groups in total. The Balaban J connectivity index is 2.15. The third kappa shape index (κ3) is 4.96. The summed E-state index contributed by atoms with van der Waals surface area (Å²) in [7, 11) is 0. The van der Waals surface area contributed by atoms with Gasteiger partial charge in [0.2, 0.25) is 0 Å². The molecule has 0 amide bonds. The van der Waals surface area contributed by atoms with E-state index in [9.17, 15) is 10.1 Å². The number of carbonyl (C=O) groups excluding carboxylic acids is 1. The van der Waals surface area contributed by atoms with Crippen LogP contribution in [0.25, 0.3) is 0 Å². The number of benzene rings is 1. The van der Waals surface area contributed by atoms with Crippen LogP contribution in [0.2, 0.25) is 0 Å². The van der Waals surface area contributed by atoms with Crippen molar-refractivity contribution in [2.24, 2.45) is 11.8 Å². The summed E-state index contributed by atoms with van der Waals surface area (Å²) < 4.78 is 5.15. The SMILES string of the molecule is CCOC(=O)C(C#N)[C@H](CCc1ccc(C)cc1)C1=CCCCC1. The van der Waals surface area contributed by atoms with Gasteiger partial charge in [0, 0.05) is 5.92 Å². The van der Waals surface area contributed by atoms with Gasteiger partial charge in [0.1, 0.15) is 0 Å². The zero-order chi connectivity index (χ0) is 17.4. The van der Waals surface area contributed by atoms with Crippen molar-refractivity contribution in [1.82, 2.24) is 0 Å². The Hall–Kier alpha value is -2.08. The Morgan fingerprint density at radius 2 is 2.04 bits per heavy atom. The number of allylic oxidation sites excluding steroid dienone is 2. The molecule has 3 nitrogen and oxygen atoms in total. The van der Waals surface area contributed by atoms with E-state index >= 15 is 0 Å². The maximum atomic E-state index is 12.2. The summed E-state index contributed by atoms with van der Waals surface area (Å²) in [5.41, 5.74) is 3.77. The van der Waals surface area contributed by atoms with Gasteiger partial charge in [0.15, 0.2) is 5.92 Å². The molecule has 3 heteroatoms. The van der Waals surface area contributed by atoms with E-state index in [-0.39, 0.29) is 11.9 Å². The molecule has 0 spiro atoms. The maximum absolute atomic E-state index is 12.2. The van der Waals surface area contributed by atoms with Crippen LogP contribution in [0.1, 0.15) is 50.2 Å². The minimum atomic E-state index is -0.695. The third-order valence-electron chi connectivity index (χ3n) is 4.75. The predicted molar refractivity (Wildman–Crippen MR) is 95.3 cm³/mol. The number of nitriles is 1. The Morgan fingerprint density at radius 1 is 1.29 bits per heavy atom.